The molecule has 4 nitrogen and oxygen atoms in total. The summed E-state index contributed by atoms with van der Waals surface area (Å²) in [7, 11) is 0. The first-order chi connectivity index (χ1) is 12.6. The van der Waals surface area contributed by atoms with Gasteiger partial charge in [0.2, 0.25) is 0 Å². The van der Waals surface area contributed by atoms with Crippen LogP contribution in [0.3, 0.4) is 0 Å². The molecule has 0 aliphatic carbocycles. The molecule has 0 amide bonds. The van der Waals surface area contributed by atoms with Gasteiger partial charge in [-0.2, -0.15) is 0 Å². The largest absolute Gasteiger partial charge is 0.508 e. The first-order valence-corrected chi connectivity index (χ1v) is 9.02. The molecule has 0 saturated heterocycles. The Hall–Kier alpha value is -2.38. The van der Waals surface area contributed by atoms with Crippen molar-refractivity contribution in [3.05, 3.63) is 43.5 Å². The van der Waals surface area contributed by atoms with Crippen molar-refractivity contribution in [3.63, 3.8) is 0 Å². The zero-order chi connectivity index (χ0) is 19.5. The smallest absolute Gasteiger partial charge is 0.126 e. The fourth-order valence-electron chi connectivity index (χ4n) is 1.93. The van der Waals surface area contributed by atoms with E-state index >= 15 is 0 Å². The van der Waals surface area contributed by atoms with Crippen molar-refractivity contribution >= 4 is 0 Å². The highest BCUT2D eigenvalue weighted by Gasteiger charge is 1.99. The van der Waals surface area contributed by atoms with Crippen LogP contribution in [0.5, 0.6) is 17.2 Å². The molecule has 0 saturated carbocycles. The number of unbranched alkanes of at least 4 members (excludes halogenated alkanes) is 4. The molecular weight excluding hydrogens is 328 g/mol. The summed E-state index contributed by atoms with van der Waals surface area (Å²) < 4.78 is 10.7. The molecule has 0 atom stereocenters. The second-order valence-corrected chi connectivity index (χ2v) is 5.67. The topological polar surface area (TPSA) is 58.9 Å². The van der Waals surface area contributed by atoms with Gasteiger partial charge in [0.15, 0.2) is 0 Å². The molecule has 0 bridgehead atoms. The van der Waals surface area contributed by atoms with Crippen LogP contribution in [-0.4, -0.2) is 30.0 Å². The summed E-state index contributed by atoms with van der Waals surface area (Å²) in [6, 6.07) is 4.19. The molecule has 1 aromatic carbocycles. The molecule has 0 unspecified atom stereocenters. The van der Waals surface area contributed by atoms with Crippen molar-refractivity contribution in [3.8, 4) is 29.6 Å². The van der Waals surface area contributed by atoms with Crippen molar-refractivity contribution in [1.82, 2.24) is 0 Å². The van der Waals surface area contributed by atoms with E-state index in [4.69, 9.17) is 26.1 Å². The lowest BCUT2D eigenvalue weighted by atomic mass is 10.2. The third-order valence-electron chi connectivity index (χ3n) is 3.25. The van der Waals surface area contributed by atoms with E-state index in [1.54, 1.807) is 0 Å². The summed E-state index contributed by atoms with van der Waals surface area (Å²) in [5.74, 6) is 3.10. The molecule has 0 fully saturated rings. The standard InChI is InChI=1S/C11H14O3.C11H18O/c1-2-3-4-5-14-11-7-9(12)6-10(13)8-11;1-3-5-7-9-11-12-10-8-6-4-2/h2,6-8,12-13H,1,3-5H2;1,4H,2,5-11H2. The maximum absolute atomic E-state index is 9.14. The molecule has 0 heterocycles. The Labute approximate surface area is 158 Å². The minimum absolute atomic E-state index is 0.00345. The maximum Gasteiger partial charge on any atom is 0.126 e. The normalized spacial score (nSPS) is 9.50. The first-order valence-electron chi connectivity index (χ1n) is 9.02. The number of phenolic OH excluding ortho intramolecular Hbond substituents is 2. The second kappa shape index (κ2) is 17.4. The highest BCUT2D eigenvalue weighted by atomic mass is 16.5. The average molecular weight is 360 g/mol. The van der Waals surface area contributed by atoms with Gasteiger partial charge in [0.1, 0.15) is 17.2 Å². The van der Waals surface area contributed by atoms with Gasteiger partial charge >= 0.3 is 0 Å². The Kier molecular flexibility index (Phi) is 15.8. The molecule has 1 aromatic rings. The molecule has 2 N–H and O–H groups in total. The van der Waals surface area contributed by atoms with Gasteiger partial charge in [-0.3, -0.25) is 0 Å². The molecule has 0 spiro atoms. The van der Waals surface area contributed by atoms with E-state index in [9.17, 15) is 0 Å². The number of allylic oxidation sites excluding steroid dienone is 2. The number of phenols is 2. The predicted molar refractivity (Wildman–Crippen MR) is 108 cm³/mol. The minimum Gasteiger partial charge on any atom is -0.508 e. The van der Waals surface area contributed by atoms with Crippen LogP contribution >= 0.6 is 0 Å². The van der Waals surface area contributed by atoms with Gasteiger partial charge in [0.25, 0.3) is 0 Å². The Morgan fingerprint density at radius 2 is 1.46 bits per heavy atom. The highest BCUT2D eigenvalue weighted by Crippen LogP contribution is 2.25. The number of terminal acetylenes is 1. The first kappa shape index (κ1) is 23.6. The molecule has 26 heavy (non-hydrogen) atoms. The number of aromatic hydroxyl groups is 2. The van der Waals surface area contributed by atoms with Crippen LogP contribution in [0.15, 0.2) is 43.5 Å². The lowest BCUT2D eigenvalue weighted by Crippen LogP contribution is -1.96. The van der Waals surface area contributed by atoms with Crippen molar-refractivity contribution in [1.29, 1.82) is 0 Å². The molecule has 0 aliphatic rings. The van der Waals surface area contributed by atoms with Crippen LogP contribution in [0.2, 0.25) is 0 Å². The number of ether oxygens (including phenoxy) is 2. The van der Waals surface area contributed by atoms with Gasteiger partial charge in [-0.05, 0) is 38.5 Å². The van der Waals surface area contributed by atoms with E-state index < -0.39 is 0 Å². The van der Waals surface area contributed by atoms with Crippen molar-refractivity contribution < 1.29 is 19.7 Å². The average Bonchev–Trinajstić information content (AvgIpc) is 2.61. The summed E-state index contributed by atoms with van der Waals surface area (Å²) in [6.45, 7) is 9.49. The van der Waals surface area contributed by atoms with Crippen LogP contribution in [-0.2, 0) is 4.74 Å². The number of hydrogen-bond acceptors (Lipinski definition) is 4. The fourth-order valence-corrected chi connectivity index (χ4v) is 1.93. The Morgan fingerprint density at radius 1 is 0.885 bits per heavy atom. The summed E-state index contributed by atoms with van der Waals surface area (Å²) >= 11 is 0. The fraction of sp³-hybridized carbons (Fsp3) is 0.455. The minimum atomic E-state index is 0.00345. The van der Waals surface area contributed by atoms with Crippen molar-refractivity contribution in [2.45, 2.75) is 44.9 Å². The molecule has 1 rings (SSSR count). The van der Waals surface area contributed by atoms with Gasteiger partial charge in [0.05, 0.1) is 6.61 Å². The van der Waals surface area contributed by atoms with Crippen molar-refractivity contribution in [2.24, 2.45) is 0 Å². The summed E-state index contributed by atoms with van der Waals surface area (Å²) in [4.78, 5) is 0. The van der Waals surface area contributed by atoms with Gasteiger partial charge in [-0.15, -0.1) is 25.5 Å². The predicted octanol–water partition coefficient (Wildman–Crippen LogP) is 5.22. The Morgan fingerprint density at radius 3 is 2.04 bits per heavy atom. The van der Waals surface area contributed by atoms with E-state index in [-0.39, 0.29) is 11.5 Å². The van der Waals surface area contributed by atoms with E-state index in [1.807, 2.05) is 12.2 Å². The molecule has 144 valence electrons. The van der Waals surface area contributed by atoms with Crippen LogP contribution in [0.4, 0.5) is 0 Å². The van der Waals surface area contributed by atoms with E-state index in [0.717, 1.165) is 58.2 Å². The third-order valence-corrected chi connectivity index (χ3v) is 3.25. The summed E-state index contributed by atoms with van der Waals surface area (Å²) in [5, 5.41) is 18.3. The Balaban J connectivity index is 0.000000488. The molecule has 0 aliphatic heterocycles. The summed E-state index contributed by atoms with van der Waals surface area (Å²) in [5.41, 5.74) is 0. The van der Waals surface area contributed by atoms with Gasteiger partial charge in [-0.25, -0.2) is 0 Å². The lowest BCUT2D eigenvalue weighted by molar-refractivity contribution is 0.129. The van der Waals surface area contributed by atoms with Crippen molar-refractivity contribution in [2.75, 3.05) is 19.8 Å². The van der Waals surface area contributed by atoms with Crippen LogP contribution in [0, 0.1) is 12.3 Å². The van der Waals surface area contributed by atoms with Gasteiger partial charge in [-0.1, -0.05) is 12.2 Å². The molecular formula is C22H32O4. The zero-order valence-electron chi connectivity index (χ0n) is 15.7. The monoisotopic (exact) mass is 360 g/mol. The van der Waals surface area contributed by atoms with E-state index in [2.05, 4.69) is 19.1 Å². The van der Waals surface area contributed by atoms with E-state index in [1.165, 1.54) is 18.2 Å². The van der Waals surface area contributed by atoms with Crippen LogP contribution in [0.1, 0.15) is 44.9 Å². The maximum atomic E-state index is 9.14. The Bertz CT molecular complexity index is 511. The second-order valence-electron chi connectivity index (χ2n) is 5.67. The highest BCUT2D eigenvalue weighted by molar-refractivity contribution is 5.40. The quantitative estimate of drug-likeness (QED) is 0.288. The number of hydrogen-bond donors (Lipinski definition) is 2. The SMILES string of the molecule is C#CCCCCOCCCC=C.C=CCCCOc1cc(O)cc(O)c1. The summed E-state index contributed by atoms with van der Waals surface area (Å²) in [6.07, 6.45) is 15.8. The zero-order valence-corrected chi connectivity index (χ0v) is 15.7. The van der Waals surface area contributed by atoms with E-state index in [0.29, 0.717) is 12.4 Å². The third kappa shape index (κ3) is 15.2. The molecule has 4 heteroatoms. The van der Waals surface area contributed by atoms with Gasteiger partial charge in [0, 0.05) is 37.8 Å². The van der Waals surface area contributed by atoms with Gasteiger partial charge < -0.3 is 19.7 Å². The number of rotatable bonds is 13. The van der Waals surface area contributed by atoms with Crippen LogP contribution < -0.4 is 4.74 Å². The van der Waals surface area contributed by atoms with Crippen LogP contribution in [0.25, 0.3) is 0 Å². The molecule has 0 radical (unpaired) electrons. The lowest BCUT2D eigenvalue weighted by Gasteiger charge is -2.05. The molecule has 0 aromatic heterocycles. The number of benzene rings is 1.